The van der Waals surface area contributed by atoms with E-state index in [2.05, 4.69) is 68.9 Å². The van der Waals surface area contributed by atoms with Gasteiger partial charge in [0.1, 0.15) is 0 Å². The number of nitrogens with zero attached hydrogens (tertiary/aromatic N) is 2. The third-order valence-corrected chi connectivity index (χ3v) is 4.56. The summed E-state index contributed by atoms with van der Waals surface area (Å²) in [5.41, 5.74) is 3.10. The molecule has 1 heterocycles. The van der Waals surface area contributed by atoms with Gasteiger partial charge in [-0.15, -0.1) is 0 Å². The predicted octanol–water partition coefficient (Wildman–Crippen LogP) is 3.51. The van der Waals surface area contributed by atoms with E-state index in [-0.39, 0.29) is 5.41 Å². The third kappa shape index (κ3) is 4.07. The summed E-state index contributed by atoms with van der Waals surface area (Å²) in [5.74, 6) is 0. The molecule has 0 amide bonds. The Morgan fingerprint density at radius 3 is 2.15 bits per heavy atom. The van der Waals surface area contributed by atoms with Crippen LogP contribution in [-0.4, -0.2) is 43.0 Å². The fraction of sp³-hybridized carbons (Fsp3) is 0.667. The zero-order valence-electron chi connectivity index (χ0n) is 13.8. The van der Waals surface area contributed by atoms with E-state index in [1.54, 1.807) is 0 Å². The summed E-state index contributed by atoms with van der Waals surface area (Å²) in [6.07, 6.45) is 2.60. The van der Waals surface area contributed by atoms with Gasteiger partial charge in [0.15, 0.2) is 0 Å². The maximum Gasteiger partial charge on any atom is 0.0233 e. The second-order valence-electron chi connectivity index (χ2n) is 7.40. The highest BCUT2D eigenvalue weighted by molar-refractivity contribution is 5.27. The second-order valence-corrected chi connectivity index (χ2v) is 7.40. The Labute approximate surface area is 124 Å². The van der Waals surface area contributed by atoms with Crippen LogP contribution in [0.1, 0.15) is 44.7 Å². The summed E-state index contributed by atoms with van der Waals surface area (Å²) in [4.78, 5) is 4.96. The van der Waals surface area contributed by atoms with Crippen LogP contribution in [0.3, 0.4) is 0 Å². The SMILES string of the molecule is CN1CCC(N(C)Cc2ccc(C(C)(C)C)cc2)CC1. The maximum atomic E-state index is 2.53. The standard InChI is InChI=1S/C18H30N2/c1-18(2,3)16-8-6-15(7-9-16)14-20(5)17-10-12-19(4)13-11-17/h6-9,17H,10-14H2,1-5H3. The number of hydrogen-bond donors (Lipinski definition) is 0. The first-order valence-electron chi connectivity index (χ1n) is 7.84. The topological polar surface area (TPSA) is 6.48 Å². The van der Waals surface area contributed by atoms with Gasteiger partial charge in [-0.2, -0.15) is 0 Å². The normalized spacial score (nSPS) is 18.7. The predicted molar refractivity (Wildman–Crippen MR) is 87.1 cm³/mol. The molecule has 1 aliphatic heterocycles. The van der Waals surface area contributed by atoms with Crippen molar-refractivity contribution in [2.45, 2.75) is 51.6 Å². The second kappa shape index (κ2) is 6.28. The zero-order valence-corrected chi connectivity index (χ0v) is 13.8. The van der Waals surface area contributed by atoms with E-state index in [0.717, 1.165) is 12.6 Å². The number of benzene rings is 1. The Kier molecular flexibility index (Phi) is 4.87. The van der Waals surface area contributed by atoms with E-state index in [1.165, 1.54) is 37.1 Å². The molecule has 0 unspecified atom stereocenters. The van der Waals surface area contributed by atoms with Crippen LogP contribution in [0.15, 0.2) is 24.3 Å². The molecule has 0 radical (unpaired) electrons. The van der Waals surface area contributed by atoms with E-state index in [4.69, 9.17) is 0 Å². The molecule has 0 atom stereocenters. The molecule has 1 aliphatic rings. The molecule has 1 saturated heterocycles. The van der Waals surface area contributed by atoms with Crippen molar-refractivity contribution in [3.63, 3.8) is 0 Å². The van der Waals surface area contributed by atoms with Crippen LogP contribution in [0.4, 0.5) is 0 Å². The summed E-state index contributed by atoms with van der Waals surface area (Å²) < 4.78 is 0. The minimum atomic E-state index is 0.248. The Morgan fingerprint density at radius 2 is 1.65 bits per heavy atom. The van der Waals surface area contributed by atoms with Crippen molar-refractivity contribution in [3.8, 4) is 0 Å². The van der Waals surface area contributed by atoms with Crippen molar-refractivity contribution < 1.29 is 0 Å². The van der Waals surface area contributed by atoms with Gasteiger partial charge in [-0.1, -0.05) is 45.0 Å². The fourth-order valence-electron chi connectivity index (χ4n) is 2.96. The number of piperidine rings is 1. The molecular weight excluding hydrogens is 244 g/mol. The van der Waals surface area contributed by atoms with E-state index in [9.17, 15) is 0 Å². The van der Waals surface area contributed by atoms with Gasteiger partial charge >= 0.3 is 0 Å². The molecule has 20 heavy (non-hydrogen) atoms. The Morgan fingerprint density at radius 1 is 1.10 bits per heavy atom. The molecule has 0 aliphatic carbocycles. The number of hydrogen-bond acceptors (Lipinski definition) is 2. The Hall–Kier alpha value is -0.860. The highest BCUT2D eigenvalue weighted by atomic mass is 15.2. The van der Waals surface area contributed by atoms with Crippen LogP contribution in [0.25, 0.3) is 0 Å². The largest absolute Gasteiger partial charge is 0.306 e. The summed E-state index contributed by atoms with van der Waals surface area (Å²) in [6, 6.07) is 9.92. The van der Waals surface area contributed by atoms with Crippen LogP contribution < -0.4 is 0 Å². The van der Waals surface area contributed by atoms with Crippen molar-refractivity contribution in [1.82, 2.24) is 9.80 Å². The van der Waals surface area contributed by atoms with Gasteiger partial charge < -0.3 is 4.90 Å². The van der Waals surface area contributed by atoms with Gasteiger partial charge in [0.2, 0.25) is 0 Å². The highest BCUT2D eigenvalue weighted by Crippen LogP contribution is 2.23. The van der Waals surface area contributed by atoms with E-state index >= 15 is 0 Å². The Balaban J connectivity index is 1.93. The maximum absolute atomic E-state index is 2.53. The molecule has 0 spiro atoms. The van der Waals surface area contributed by atoms with Gasteiger partial charge in [0.05, 0.1) is 0 Å². The van der Waals surface area contributed by atoms with Crippen LogP contribution in [0, 0.1) is 0 Å². The number of likely N-dealkylation sites (tertiary alicyclic amines) is 1. The lowest BCUT2D eigenvalue weighted by atomic mass is 9.86. The summed E-state index contributed by atoms with van der Waals surface area (Å²) in [6.45, 7) is 10.3. The van der Waals surface area contributed by atoms with Crippen LogP contribution >= 0.6 is 0 Å². The molecule has 2 heteroatoms. The minimum absolute atomic E-state index is 0.248. The average molecular weight is 274 g/mol. The molecule has 0 N–H and O–H groups in total. The van der Waals surface area contributed by atoms with E-state index < -0.39 is 0 Å². The molecule has 2 nitrogen and oxygen atoms in total. The van der Waals surface area contributed by atoms with Crippen molar-refractivity contribution in [2.24, 2.45) is 0 Å². The molecule has 112 valence electrons. The molecule has 0 bridgehead atoms. The molecule has 0 saturated carbocycles. The van der Waals surface area contributed by atoms with Crippen LogP contribution in [-0.2, 0) is 12.0 Å². The lowest BCUT2D eigenvalue weighted by Crippen LogP contribution is -2.41. The zero-order chi connectivity index (χ0) is 14.8. The van der Waals surface area contributed by atoms with Crippen molar-refractivity contribution in [2.75, 3.05) is 27.2 Å². The molecule has 1 aromatic carbocycles. The van der Waals surface area contributed by atoms with Gasteiger partial charge in [-0.3, -0.25) is 4.90 Å². The highest BCUT2D eigenvalue weighted by Gasteiger charge is 2.20. The van der Waals surface area contributed by atoms with E-state index in [0.29, 0.717) is 0 Å². The van der Waals surface area contributed by atoms with Gasteiger partial charge in [0.25, 0.3) is 0 Å². The summed E-state index contributed by atoms with van der Waals surface area (Å²) in [7, 11) is 4.50. The van der Waals surface area contributed by atoms with Crippen LogP contribution in [0.2, 0.25) is 0 Å². The molecule has 1 aromatic rings. The summed E-state index contributed by atoms with van der Waals surface area (Å²) >= 11 is 0. The smallest absolute Gasteiger partial charge is 0.0233 e. The first-order valence-corrected chi connectivity index (χ1v) is 7.84. The summed E-state index contributed by atoms with van der Waals surface area (Å²) in [5, 5.41) is 0. The molecule has 1 fully saturated rings. The minimum Gasteiger partial charge on any atom is -0.306 e. The third-order valence-electron chi connectivity index (χ3n) is 4.56. The Bertz CT molecular complexity index is 408. The van der Waals surface area contributed by atoms with Crippen molar-refractivity contribution in [3.05, 3.63) is 35.4 Å². The lowest BCUT2D eigenvalue weighted by Gasteiger charge is -2.35. The lowest BCUT2D eigenvalue weighted by molar-refractivity contribution is 0.139. The molecule has 0 aromatic heterocycles. The molecule has 2 rings (SSSR count). The van der Waals surface area contributed by atoms with Gasteiger partial charge in [-0.25, -0.2) is 0 Å². The monoisotopic (exact) mass is 274 g/mol. The van der Waals surface area contributed by atoms with Gasteiger partial charge in [0, 0.05) is 12.6 Å². The molecular formula is C18H30N2. The van der Waals surface area contributed by atoms with Crippen LogP contribution in [0.5, 0.6) is 0 Å². The average Bonchev–Trinajstić information content (AvgIpc) is 2.39. The van der Waals surface area contributed by atoms with Crippen molar-refractivity contribution >= 4 is 0 Å². The number of rotatable bonds is 3. The van der Waals surface area contributed by atoms with Gasteiger partial charge in [-0.05, 0) is 56.6 Å². The van der Waals surface area contributed by atoms with Crippen molar-refractivity contribution in [1.29, 1.82) is 0 Å². The fourth-order valence-corrected chi connectivity index (χ4v) is 2.96. The first kappa shape index (κ1) is 15.5. The first-order chi connectivity index (χ1) is 9.36. The quantitative estimate of drug-likeness (QED) is 0.832. The van der Waals surface area contributed by atoms with E-state index in [1.807, 2.05) is 0 Å².